The van der Waals surface area contributed by atoms with Crippen LogP contribution in [0.15, 0.2) is 46.9 Å². The third-order valence-electron chi connectivity index (χ3n) is 2.46. The van der Waals surface area contributed by atoms with Gasteiger partial charge < -0.3 is 9.47 Å². The Balaban J connectivity index is 2.24. The normalized spacial score (nSPS) is 10.2. The van der Waals surface area contributed by atoms with E-state index >= 15 is 0 Å². The molecule has 0 N–H and O–H groups in total. The van der Waals surface area contributed by atoms with E-state index in [4.69, 9.17) is 21.1 Å². The van der Waals surface area contributed by atoms with Gasteiger partial charge in [0.05, 0.1) is 13.0 Å². The molecule has 0 aromatic heterocycles. The van der Waals surface area contributed by atoms with Crippen LogP contribution in [0.4, 0.5) is 0 Å². The molecule has 2 rings (SSSR count). The van der Waals surface area contributed by atoms with Gasteiger partial charge in [0, 0.05) is 10.0 Å². The highest BCUT2D eigenvalue weighted by Gasteiger charge is 2.05. The minimum absolute atomic E-state index is 0.415. The Kier molecular flexibility index (Phi) is 4.50. The molecule has 0 unspecified atom stereocenters. The maximum Gasteiger partial charge on any atom is 0.132 e. The largest absolute Gasteiger partial charge is 0.497 e. The minimum Gasteiger partial charge on any atom is -0.497 e. The van der Waals surface area contributed by atoms with Gasteiger partial charge in [-0.25, -0.2) is 0 Å². The average molecular weight is 328 g/mol. The van der Waals surface area contributed by atoms with Crippen molar-refractivity contribution < 1.29 is 9.47 Å². The maximum absolute atomic E-state index is 5.88. The molecular weight excluding hydrogens is 316 g/mol. The summed E-state index contributed by atoms with van der Waals surface area (Å²) in [6.07, 6.45) is 0. The molecule has 0 aliphatic rings. The van der Waals surface area contributed by atoms with E-state index in [1.807, 2.05) is 42.5 Å². The van der Waals surface area contributed by atoms with Crippen molar-refractivity contribution in [2.24, 2.45) is 0 Å². The number of hydrogen-bond acceptors (Lipinski definition) is 2. The van der Waals surface area contributed by atoms with Crippen molar-refractivity contribution in [1.82, 2.24) is 0 Å². The highest BCUT2D eigenvalue weighted by Crippen LogP contribution is 2.30. The van der Waals surface area contributed by atoms with Crippen molar-refractivity contribution in [3.8, 4) is 17.2 Å². The van der Waals surface area contributed by atoms with Gasteiger partial charge in [-0.05, 0) is 36.4 Å². The summed E-state index contributed by atoms with van der Waals surface area (Å²) in [7, 11) is 1.63. The van der Waals surface area contributed by atoms with Gasteiger partial charge in [-0.15, -0.1) is 11.6 Å². The van der Waals surface area contributed by atoms with Crippen LogP contribution in [0.3, 0.4) is 0 Å². The molecule has 2 nitrogen and oxygen atoms in total. The average Bonchev–Trinajstić information content (AvgIpc) is 2.40. The fourth-order valence-corrected chi connectivity index (χ4v) is 2.07. The monoisotopic (exact) mass is 326 g/mol. The zero-order valence-electron chi connectivity index (χ0n) is 9.82. The lowest BCUT2D eigenvalue weighted by Crippen LogP contribution is -1.90. The van der Waals surface area contributed by atoms with Crippen molar-refractivity contribution in [2.75, 3.05) is 7.11 Å². The third-order valence-corrected chi connectivity index (χ3v) is 3.24. The first-order valence-electron chi connectivity index (χ1n) is 5.39. The first-order chi connectivity index (χ1) is 8.72. The summed E-state index contributed by atoms with van der Waals surface area (Å²) >= 11 is 9.30. The third kappa shape index (κ3) is 3.18. The van der Waals surface area contributed by atoms with Crippen LogP contribution in [0.5, 0.6) is 17.2 Å². The molecule has 0 bridgehead atoms. The van der Waals surface area contributed by atoms with Gasteiger partial charge in [-0.2, -0.15) is 0 Å². The maximum atomic E-state index is 5.88. The van der Waals surface area contributed by atoms with Crippen LogP contribution in [-0.4, -0.2) is 7.11 Å². The number of hydrogen-bond donors (Lipinski definition) is 0. The van der Waals surface area contributed by atoms with Crippen LogP contribution in [0, 0.1) is 0 Å². The first kappa shape index (κ1) is 13.2. The fraction of sp³-hybridized carbons (Fsp3) is 0.143. The van der Waals surface area contributed by atoms with E-state index in [1.54, 1.807) is 7.11 Å². The van der Waals surface area contributed by atoms with Gasteiger partial charge in [-0.1, -0.05) is 22.0 Å². The van der Waals surface area contributed by atoms with Crippen molar-refractivity contribution in [3.05, 3.63) is 52.5 Å². The van der Waals surface area contributed by atoms with Crippen molar-refractivity contribution in [1.29, 1.82) is 0 Å². The summed E-state index contributed by atoms with van der Waals surface area (Å²) in [5, 5.41) is 0. The summed E-state index contributed by atoms with van der Waals surface area (Å²) in [4.78, 5) is 0. The minimum atomic E-state index is 0.415. The topological polar surface area (TPSA) is 18.5 Å². The first-order valence-corrected chi connectivity index (χ1v) is 6.72. The number of ether oxygens (including phenoxy) is 2. The molecule has 0 heterocycles. The molecule has 18 heavy (non-hydrogen) atoms. The summed E-state index contributed by atoms with van der Waals surface area (Å²) in [5.41, 5.74) is 0.954. The Morgan fingerprint density at radius 2 is 1.72 bits per heavy atom. The van der Waals surface area contributed by atoms with Crippen LogP contribution in [0.1, 0.15) is 5.56 Å². The number of methoxy groups -OCH3 is 1. The standard InChI is InChI=1S/C14H12BrClO2/c1-17-12-4-6-13(7-5-12)18-14-8-11(15)3-2-10(14)9-16/h2-8H,9H2,1H3. The summed E-state index contributed by atoms with van der Waals surface area (Å²) in [6.45, 7) is 0. The van der Waals surface area contributed by atoms with E-state index < -0.39 is 0 Å². The van der Waals surface area contributed by atoms with Crippen molar-refractivity contribution in [3.63, 3.8) is 0 Å². The summed E-state index contributed by atoms with van der Waals surface area (Å²) in [5.74, 6) is 2.72. The van der Waals surface area contributed by atoms with E-state index in [1.165, 1.54) is 0 Å². The smallest absolute Gasteiger partial charge is 0.132 e. The molecule has 0 fully saturated rings. The predicted octanol–water partition coefficient (Wildman–Crippen LogP) is 4.99. The van der Waals surface area contributed by atoms with Crippen LogP contribution in [-0.2, 0) is 5.88 Å². The Labute approximate surface area is 120 Å². The van der Waals surface area contributed by atoms with Crippen molar-refractivity contribution >= 4 is 27.5 Å². The van der Waals surface area contributed by atoms with E-state index in [2.05, 4.69) is 15.9 Å². The molecule has 0 spiro atoms. The number of rotatable bonds is 4. The van der Waals surface area contributed by atoms with Crippen LogP contribution in [0.2, 0.25) is 0 Å². The summed E-state index contributed by atoms with van der Waals surface area (Å²) < 4.78 is 11.9. The fourth-order valence-electron chi connectivity index (χ4n) is 1.50. The molecule has 0 amide bonds. The number of benzene rings is 2. The Bertz CT molecular complexity index is 526. The molecule has 4 heteroatoms. The second kappa shape index (κ2) is 6.12. The summed E-state index contributed by atoms with van der Waals surface area (Å²) in [6, 6.07) is 13.2. The Hall–Kier alpha value is -1.19. The highest BCUT2D eigenvalue weighted by atomic mass is 79.9. The van der Waals surface area contributed by atoms with E-state index in [-0.39, 0.29) is 0 Å². The van der Waals surface area contributed by atoms with Gasteiger partial charge in [0.25, 0.3) is 0 Å². The second-order valence-corrected chi connectivity index (χ2v) is 4.85. The van der Waals surface area contributed by atoms with Crippen LogP contribution < -0.4 is 9.47 Å². The van der Waals surface area contributed by atoms with Crippen LogP contribution in [0.25, 0.3) is 0 Å². The molecule has 0 atom stereocenters. The quantitative estimate of drug-likeness (QED) is 0.737. The molecular formula is C14H12BrClO2. The zero-order valence-corrected chi connectivity index (χ0v) is 12.2. The molecule has 0 radical (unpaired) electrons. The predicted molar refractivity (Wildman–Crippen MR) is 76.8 cm³/mol. The van der Waals surface area contributed by atoms with Gasteiger partial charge >= 0.3 is 0 Å². The SMILES string of the molecule is COc1ccc(Oc2cc(Br)ccc2CCl)cc1. The lowest BCUT2D eigenvalue weighted by Gasteiger charge is -2.10. The number of halogens is 2. The molecule has 0 saturated carbocycles. The molecule has 0 aliphatic heterocycles. The highest BCUT2D eigenvalue weighted by molar-refractivity contribution is 9.10. The lowest BCUT2D eigenvalue weighted by atomic mass is 10.2. The van der Waals surface area contributed by atoms with Gasteiger partial charge in [0.1, 0.15) is 17.2 Å². The van der Waals surface area contributed by atoms with Gasteiger partial charge in [-0.3, -0.25) is 0 Å². The molecule has 0 saturated heterocycles. The number of alkyl halides is 1. The van der Waals surface area contributed by atoms with Crippen LogP contribution >= 0.6 is 27.5 Å². The second-order valence-electron chi connectivity index (χ2n) is 3.66. The zero-order chi connectivity index (χ0) is 13.0. The van der Waals surface area contributed by atoms with Gasteiger partial charge in [0.15, 0.2) is 0 Å². The van der Waals surface area contributed by atoms with E-state index in [9.17, 15) is 0 Å². The Morgan fingerprint density at radius 3 is 2.33 bits per heavy atom. The molecule has 94 valence electrons. The van der Waals surface area contributed by atoms with E-state index in [0.29, 0.717) is 5.88 Å². The Morgan fingerprint density at radius 1 is 1.06 bits per heavy atom. The molecule has 2 aromatic carbocycles. The molecule has 0 aliphatic carbocycles. The van der Waals surface area contributed by atoms with Gasteiger partial charge in [0.2, 0.25) is 0 Å². The lowest BCUT2D eigenvalue weighted by molar-refractivity contribution is 0.412. The molecule has 2 aromatic rings. The van der Waals surface area contributed by atoms with Crippen molar-refractivity contribution in [2.45, 2.75) is 5.88 Å². The van der Waals surface area contributed by atoms with E-state index in [0.717, 1.165) is 27.3 Å².